The van der Waals surface area contributed by atoms with Crippen LogP contribution in [0.1, 0.15) is 20.8 Å². The summed E-state index contributed by atoms with van der Waals surface area (Å²) in [5.74, 6) is -1.65. The van der Waals surface area contributed by atoms with Crippen LogP contribution in [0.3, 0.4) is 0 Å². The first-order chi connectivity index (χ1) is 5.78. The lowest BCUT2D eigenvalue weighted by Gasteiger charge is -2.30. The average Bonchev–Trinajstić information content (AvgIpc) is 1.82. The van der Waals surface area contributed by atoms with Crippen LogP contribution in [-0.4, -0.2) is 18.0 Å². The van der Waals surface area contributed by atoms with Crippen molar-refractivity contribution in [1.82, 2.24) is 0 Å². The van der Waals surface area contributed by atoms with Gasteiger partial charge >= 0.3 is 12.2 Å². The first-order valence-corrected chi connectivity index (χ1v) is 3.75. The van der Waals surface area contributed by atoms with Gasteiger partial charge in [0.1, 0.15) is 0 Å². The molecule has 0 unspecified atom stereocenters. The van der Waals surface area contributed by atoms with Crippen molar-refractivity contribution >= 4 is 12.2 Å². The number of nitrogens with two attached hydrogens (primary N) is 2. The van der Waals surface area contributed by atoms with E-state index in [1.165, 1.54) is 6.92 Å². The van der Waals surface area contributed by atoms with Gasteiger partial charge < -0.3 is 20.9 Å². The maximum absolute atomic E-state index is 10.5. The third-order valence-electron chi connectivity index (χ3n) is 1.66. The quantitative estimate of drug-likeness (QED) is 0.634. The van der Waals surface area contributed by atoms with Gasteiger partial charge in [0.25, 0.3) is 5.79 Å². The summed E-state index contributed by atoms with van der Waals surface area (Å²) in [6.45, 7) is 4.81. The highest BCUT2D eigenvalue weighted by molar-refractivity contribution is 5.67. The number of carbonyl (C=O) groups excluding carboxylic acids is 2. The van der Waals surface area contributed by atoms with Crippen LogP contribution < -0.4 is 11.5 Å². The van der Waals surface area contributed by atoms with Crippen LogP contribution in [0.25, 0.3) is 0 Å². The Balaban J connectivity index is 4.52. The van der Waals surface area contributed by atoms with E-state index in [0.29, 0.717) is 0 Å². The van der Waals surface area contributed by atoms with E-state index >= 15 is 0 Å². The zero-order chi connectivity index (χ0) is 10.6. The number of hydrogen-bond acceptors (Lipinski definition) is 4. The molecule has 0 fully saturated rings. The molecule has 0 heterocycles. The third-order valence-corrected chi connectivity index (χ3v) is 1.66. The minimum atomic E-state index is -1.41. The van der Waals surface area contributed by atoms with Crippen LogP contribution in [0.2, 0.25) is 0 Å². The second kappa shape index (κ2) is 3.97. The van der Waals surface area contributed by atoms with Gasteiger partial charge in [0.2, 0.25) is 0 Å². The van der Waals surface area contributed by atoms with Crippen molar-refractivity contribution in [2.24, 2.45) is 17.4 Å². The van der Waals surface area contributed by atoms with Gasteiger partial charge in [0.15, 0.2) is 0 Å². The largest absolute Gasteiger partial charge is 0.407 e. The Bertz CT molecular complexity index is 199. The van der Waals surface area contributed by atoms with E-state index in [-0.39, 0.29) is 5.92 Å². The van der Waals surface area contributed by atoms with Crippen molar-refractivity contribution in [3.63, 3.8) is 0 Å². The summed E-state index contributed by atoms with van der Waals surface area (Å²) in [6.07, 6.45) is -2.03. The fourth-order valence-electron chi connectivity index (χ4n) is 0.656. The molecule has 6 nitrogen and oxygen atoms in total. The second-order valence-corrected chi connectivity index (χ2v) is 3.01. The van der Waals surface area contributed by atoms with Gasteiger partial charge in [0, 0.05) is 12.8 Å². The molecule has 2 amide bonds. The molecule has 0 aromatic carbocycles. The minimum Gasteiger partial charge on any atom is -0.406 e. The van der Waals surface area contributed by atoms with Crippen molar-refractivity contribution in [3.8, 4) is 0 Å². The molecular formula is C7H14N2O4. The lowest BCUT2D eigenvalue weighted by atomic mass is 10.1. The molecule has 0 aromatic heterocycles. The predicted molar refractivity (Wildman–Crippen MR) is 44.6 cm³/mol. The monoisotopic (exact) mass is 190 g/mol. The molecule has 0 aliphatic carbocycles. The smallest absolute Gasteiger partial charge is 0.406 e. The summed E-state index contributed by atoms with van der Waals surface area (Å²) in [5, 5.41) is 0. The van der Waals surface area contributed by atoms with Gasteiger partial charge in [-0.05, 0) is 0 Å². The molecule has 13 heavy (non-hydrogen) atoms. The average molecular weight is 190 g/mol. The van der Waals surface area contributed by atoms with Crippen LogP contribution in [-0.2, 0) is 9.47 Å². The van der Waals surface area contributed by atoms with Gasteiger partial charge in [0.05, 0.1) is 0 Å². The zero-order valence-corrected chi connectivity index (χ0v) is 7.87. The van der Waals surface area contributed by atoms with Crippen molar-refractivity contribution < 1.29 is 19.1 Å². The van der Waals surface area contributed by atoms with E-state index in [9.17, 15) is 9.59 Å². The molecule has 0 bridgehead atoms. The summed E-state index contributed by atoms with van der Waals surface area (Å²) in [6, 6.07) is 0. The molecule has 0 saturated heterocycles. The van der Waals surface area contributed by atoms with Crippen molar-refractivity contribution in [1.29, 1.82) is 0 Å². The number of ether oxygens (including phenoxy) is 2. The molecule has 0 radical (unpaired) electrons. The molecule has 0 atom stereocenters. The lowest BCUT2D eigenvalue weighted by Crippen LogP contribution is -2.44. The molecule has 0 aliphatic heterocycles. The molecule has 0 aromatic rings. The molecule has 4 N–H and O–H groups in total. The van der Waals surface area contributed by atoms with E-state index in [1.54, 1.807) is 13.8 Å². The third kappa shape index (κ3) is 3.64. The Labute approximate surface area is 76.2 Å². The summed E-state index contributed by atoms with van der Waals surface area (Å²) in [7, 11) is 0. The van der Waals surface area contributed by atoms with Gasteiger partial charge in [-0.25, -0.2) is 9.59 Å². The molecule has 0 spiro atoms. The van der Waals surface area contributed by atoms with Crippen molar-refractivity contribution in [3.05, 3.63) is 0 Å². The highest BCUT2D eigenvalue weighted by atomic mass is 16.7. The summed E-state index contributed by atoms with van der Waals surface area (Å²) >= 11 is 0. The Hall–Kier alpha value is -1.46. The van der Waals surface area contributed by atoms with Crippen LogP contribution in [0.5, 0.6) is 0 Å². The van der Waals surface area contributed by atoms with E-state index < -0.39 is 18.0 Å². The Kier molecular flexibility index (Phi) is 3.53. The highest BCUT2D eigenvalue weighted by Crippen LogP contribution is 2.22. The SMILES string of the molecule is CC(C)C(C)(OC(N)=O)OC(N)=O. The molecule has 0 aliphatic rings. The fourth-order valence-corrected chi connectivity index (χ4v) is 0.656. The molecule has 6 heteroatoms. The van der Waals surface area contributed by atoms with Gasteiger partial charge in [-0.2, -0.15) is 0 Å². The number of hydrogen-bond donors (Lipinski definition) is 2. The molecule has 0 saturated carbocycles. The Morgan fingerprint density at radius 3 is 1.62 bits per heavy atom. The first kappa shape index (κ1) is 11.5. The maximum Gasteiger partial charge on any atom is 0.407 e. The highest BCUT2D eigenvalue weighted by Gasteiger charge is 2.35. The lowest BCUT2D eigenvalue weighted by molar-refractivity contribution is -0.173. The Morgan fingerprint density at radius 2 is 1.46 bits per heavy atom. The number of carbonyl (C=O) groups is 2. The molecule has 76 valence electrons. The minimum absolute atomic E-state index is 0.243. The van der Waals surface area contributed by atoms with Gasteiger partial charge in [-0.1, -0.05) is 13.8 Å². The van der Waals surface area contributed by atoms with Crippen LogP contribution in [0.4, 0.5) is 9.59 Å². The van der Waals surface area contributed by atoms with Gasteiger partial charge in [-0.15, -0.1) is 0 Å². The van der Waals surface area contributed by atoms with E-state index in [0.717, 1.165) is 0 Å². The molecular weight excluding hydrogens is 176 g/mol. The summed E-state index contributed by atoms with van der Waals surface area (Å²) in [5.41, 5.74) is 9.60. The number of primary amides is 2. The van der Waals surface area contributed by atoms with Crippen molar-refractivity contribution in [2.75, 3.05) is 0 Å². The van der Waals surface area contributed by atoms with E-state index in [2.05, 4.69) is 9.47 Å². The normalized spacial score (nSPS) is 11.1. The van der Waals surface area contributed by atoms with Crippen LogP contribution in [0.15, 0.2) is 0 Å². The topological polar surface area (TPSA) is 105 Å². The second-order valence-electron chi connectivity index (χ2n) is 3.01. The van der Waals surface area contributed by atoms with Crippen LogP contribution >= 0.6 is 0 Å². The maximum atomic E-state index is 10.5. The summed E-state index contributed by atoms with van der Waals surface area (Å²) in [4.78, 5) is 20.9. The fraction of sp³-hybridized carbons (Fsp3) is 0.714. The summed E-state index contributed by atoms with van der Waals surface area (Å²) < 4.78 is 9.25. The van der Waals surface area contributed by atoms with E-state index in [1.807, 2.05) is 0 Å². The number of rotatable bonds is 3. The van der Waals surface area contributed by atoms with Crippen LogP contribution in [0, 0.1) is 5.92 Å². The van der Waals surface area contributed by atoms with Gasteiger partial charge in [-0.3, -0.25) is 0 Å². The predicted octanol–water partition coefficient (Wildman–Crippen LogP) is 0.549. The Morgan fingerprint density at radius 1 is 1.15 bits per heavy atom. The van der Waals surface area contributed by atoms with E-state index in [4.69, 9.17) is 11.5 Å². The molecule has 0 rings (SSSR count). The number of amides is 2. The van der Waals surface area contributed by atoms with Crippen molar-refractivity contribution in [2.45, 2.75) is 26.6 Å². The standard InChI is InChI=1S/C7H14N2O4/c1-4(2)7(3,12-5(8)10)13-6(9)11/h4H,1-3H3,(H2,8,10)(H2,9,11). The first-order valence-electron chi connectivity index (χ1n) is 3.75. The zero-order valence-electron chi connectivity index (χ0n) is 7.87.